The van der Waals surface area contributed by atoms with E-state index in [2.05, 4.69) is 26.0 Å². The van der Waals surface area contributed by atoms with Crippen molar-refractivity contribution >= 4 is 62.5 Å². The zero-order chi connectivity index (χ0) is 23.3. The Morgan fingerprint density at radius 1 is 1.19 bits per heavy atom. The van der Waals surface area contributed by atoms with E-state index in [1.54, 1.807) is 18.2 Å². The van der Waals surface area contributed by atoms with Crippen molar-refractivity contribution in [3.63, 3.8) is 0 Å². The Labute approximate surface area is 194 Å². The maximum absolute atomic E-state index is 13.0. The number of anilines is 1. The minimum absolute atomic E-state index is 0.0885. The summed E-state index contributed by atoms with van der Waals surface area (Å²) in [6, 6.07) is 10.0. The highest BCUT2D eigenvalue weighted by Gasteiger charge is 2.36. The van der Waals surface area contributed by atoms with Crippen LogP contribution in [0.2, 0.25) is 0 Å². The molecule has 0 saturated carbocycles. The minimum Gasteiger partial charge on any atom is -0.481 e. The third-order valence-electron chi connectivity index (χ3n) is 4.13. The first-order chi connectivity index (χ1) is 15.3. The van der Waals surface area contributed by atoms with Gasteiger partial charge in [0.1, 0.15) is 18.1 Å². The smallest absolute Gasteiger partial charge is 0.343 e. The Kier molecular flexibility index (Phi) is 7.65. The lowest BCUT2D eigenvalue weighted by Crippen LogP contribution is -2.36. The van der Waals surface area contributed by atoms with E-state index in [0.29, 0.717) is 33.2 Å². The molecule has 32 heavy (non-hydrogen) atoms. The summed E-state index contributed by atoms with van der Waals surface area (Å²) >= 11 is 4.00. The lowest BCUT2D eigenvalue weighted by molar-refractivity contribution is -0.142. The van der Waals surface area contributed by atoms with Crippen LogP contribution < -0.4 is 10.1 Å². The van der Waals surface area contributed by atoms with Crippen molar-refractivity contribution in [2.45, 2.75) is 0 Å². The number of methoxy groups -OCH3 is 1. The molecule has 11 heteroatoms. The Bertz CT molecular complexity index is 1110. The molecule has 1 N–H and O–H groups in total. The second-order valence-electron chi connectivity index (χ2n) is 6.37. The third kappa shape index (κ3) is 5.95. The highest BCUT2D eigenvalue weighted by Crippen LogP contribution is 2.34. The first kappa shape index (κ1) is 23.5. The lowest BCUT2D eigenvalue weighted by atomic mass is 10.2. The van der Waals surface area contributed by atoms with Gasteiger partial charge in [0.15, 0.2) is 6.61 Å². The number of nitrogens with one attached hydrogen (secondary N) is 1. The van der Waals surface area contributed by atoms with Gasteiger partial charge >= 0.3 is 5.97 Å². The number of ether oxygens (including phenoxy) is 2. The molecule has 0 atom stereocenters. The number of thioether (sulfide) groups is 1. The summed E-state index contributed by atoms with van der Waals surface area (Å²) in [4.78, 5) is 49.5. The van der Waals surface area contributed by atoms with Crippen molar-refractivity contribution < 1.29 is 33.0 Å². The number of halogens is 2. The number of carbonyl (C=O) groups excluding carboxylic acids is 4. The van der Waals surface area contributed by atoms with Crippen LogP contribution in [-0.4, -0.2) is 48.2 Å². The zero-order valence-corrected chi connectivity index (χ0v) is 19.0. The Balaban J connectivity index is 1.73. The van der Waals surface area contributed by atoms with Crippen molar-refractivity contribution in [2.75, 3.05) is 25.6 Å². The number of amides is 3. The van der Waals surface area contributed by atoms with Crippen molar-refractivity contribution in [3.05, 3.63) is 63.2 Å². The summed E-state index contributed by atoms with van der Waals surface area (Å²) in [6.45, 7) is -0.826. The Morgan fingerprint density at radius 2 is 1.91 bits per heavy atom. The van der Waals surface area contributed by atoms with E-state index in [0.717, 1.165) is 4.90 Å². The molecule has 0 bridgehead atoms. The van der Waals surface area contributed by atoms with Gasteiger partial charge in [-0.15, -0.1) is 0 Å². The monoisotopic (exact) mass is 522 g/mol. The van der Waals surface area contributed by atoms with E-state index in [4.69, 9.17) is 4.74 Å². The van der Waals surface area contributed by atoms with Crippen LogP contribution in [0.25, 0.3) is 6.08 Å². The molecule has 1 aliphatic rings. The summed E-state index contributed by atoms with van der Waals surface area (Å²) < 4.78 is 23.6. The van der Waals surface area contributed by atoms with Gasteiger partial charge in [0.25, 0.3) is 11.1 Å². The topological polar surface area (TPSA) is 102 Å². The summed E-state index contributed by atoms with van der Waals surface area (Å²) in [5.41, 5.74) is 0.782. The molecule has 3 amide bonds. The van der Waals surface area contributed by atoms with Gasteiger partial charge in [0.2, 0.25) is 5.91 Å². The van der Waals surface area contributed by atoms with E-state index in [1.807, 2.05) is 0 Å². The third-order valence-corrected chi connectivity index (χ3v) is 5.54. The fourth-order valence-electron chi connectivity index (χ4n) is 2.61. The predicted octanol–water partition coefficient (Wildman–Crippen LogP) is 3.82. The molecule has 0 aromatic heterocycles. The van der Waals surface area contributed by atoms with E-state index in [9.17, 15) is 23.6 Å². The molecule has 166 valence electrons. The fourth-order valence-corrected chi connectivity index (χ4v) is 3.82. The molecule has 0 aliphatic carbocycles. The summed E-state index contributed by atoms with van der Waals surface area (Å²) in [7, 11) is 1.23. The first-order valence-corrected chi connectivity index (χ1v) is 10.7. The summed E-state index contributed by atoms with van der Waals surface area (Å²) in [5.74, 6) is -1.98. The number of benzene rings is 2. The van der Waals surface area contributed by atoms with Gasteiger partial charge in [-0.1, -0.05) is 15.9 Å². The predicted molar refractivity (Wildman–Crippen MR) is 119 cm³/mol. The van der Waals surface area contributed by atoms with Gasteiger partial charge in [0.05, 0.1) is 12.0 Å². The van der Waals surface area contributed by atoms with E-state index >= 15 is 0 Å². The van der Waals surface area contributed by atoms with Crippen LogP contribution in [0.15, 0.2) is 51.8 Å². The van der Waals surface area contributed by atoms with Crippen molar-refractivity contribution in [1.82, 2.24) is 4.90 Å². The number of esters is 1. The van der Waals surface area contributed by atoms with Crippen molar-refractivity contribution in [2.24, 2.45) is 0 Å². The SMILES string of the molecule is COC(=O)COc1ccc(Br)cc1/C=C1/SC(=O)N(CC(=O)Nc2ccc(F)cc2)C1=O. The molecular weight excluding hydrogens is 507 g/mol. The largest absolute Gasteiger partial charge is 0.481 e. The Morgan fingerprint density at radius 3 is 2.59 bits per heavy atom. The molecular formula is C21H16BrFN2O6S. The maximum Gasteiger partial charge on any atom is 0.343 e. The van der Waals surface area contributed by atoms with Crippen LogP contribution in [0.4, 0.5) is 14.9 Å². The molecule has 0 spiro atoms. The maximum atomic E-state index is 13.0. The number of rotatable bonds is 7. The number of hydrogen-bond donors (Lipinski definition) is 1. The number of nitrogens with zero attached hydrogens (tertiary/aromatic N) is 1. The lowest BCUT2D eigenvalue weighted by Gasteiger charge is -2.12. The van der Waals surface area contributed by atoms with E-state index in [1.165, 1.54) is 37.5 Å². The highest BCUT2D eigenvalue weighted by atomic mass is 79.9. The molecule has 1 fully saturated rings. The molecule has 1 aliphatic heterocycles. The number of hydrogen-bond acceptors (Lipinski definition) is 7. The van der Waals surface area contributed by atoms with Crippen LogP contribution in [0, 0.1) is 5.82 Å². The first-order valence-electron chi connectivity index (χ1n) is 9.07. The molecule has 2 aromatic rings. The van der Waals surface area contributed by atoms with Crippen LogP contribution >= 0.6 is 27.7 Å². The van der Waals surface area contributed by atoms with Crippen LogP contribution in [0.3, 0.4) is 0 Å². The van der Waals surface area contributed by atoms with Crippen molar-refractivity contribution in [3.8, 4) is 5.75 Å². The Hall–Kier alpha value is -3.18. The zero-order valence-electron chi connectivity index (χ0n) is 16.6. The second kappa shape index (κ2) is 10.4. The van der Waals surface area contributed by atoms with E-state index < -0.39 is 35.4 Å². The number of carbonyl (C=O) groups is 4. The molecule has 2 aromatic carbocycles. The molecule has 8 nitrogen and oxygen atoms in total. The average molecular weight is 523 g/mol. The molecule has 0 unspecified atom stereocenters. The van der Waals surface area contributed by atoms with Gasteiger partial charge < -0.3 is 14.8 Å². The van der Waals surface area contributed by atoms with E-state index in [-0.39, 0.29) is 11.5 Å². The average Bonchev–Trinajstić information content (AvgIpc) is 3.02. The van der Waals surface area contributed by atoms with Gasteiger partial charge in [-0.2, -0.15) is 0 Å². The summed E-state index contributed by atoms with van der Waals surface area (Å²) in [6.07, 6.45) is 1.44. The minimum atomic E-state index is -0.645. The van der Waals surface area contributed by atoms with Crippen molar-refractivity contribution in [1.29, 1.82) is 0 Å². The standard InChI is InChI=1S/C21H16BrFN2O6S/c1-30-19(27)11-31-16-7-2-13(22)8-12(16)9-17-20(28)25(21(29)32-17)10-18(26)24-15-5-3-14(23)4-6-15/h2-9H,10-11H2,1H3,(H,24,26)/b17-9+. The highest BCUT2D eigenvalue weighted by molar-refractivity contribution is 9.10. The number of imide groups is 1. The van der Waals surface area contributed by atoms with Gasteiger partial charge in [0, 0.05) is 15.7 Å². The van der Waals surface area contributed by atoms with Crippen LogP contribution in [0.5, 0.6) is 5.75 Å². The van der Waals surface area contributed by atoms with Gasteiger partial charge in [-0.25, -0.2) is 9.18 Å². The summed E-state index contributed by atoms with van der Waals surface area (Å²) in [5, 5.41) is 1.89. The quantitative estimate of drug-likeness (QED) is 0.435. The van der Waals surface area contributed by atoms with Crippen LogP contribution in [0.1, 0.15) is 5.56 Å². The molecule has 1 heterocycles. The molecule has 0 radical (unpaired) electrons. The normalized spacial score (nSPS) is 14.6. The molecule has 3 rings (SSSR count). The van der Waals surface area contributed by atoms with Gasteiger partial charge in [-0.05, 0) is 60.3 Å². The van der Waals surface area contributed by atoms with Gasteiger partial charge in [-0.3, -0.25) is 19.3 Å². The molecule has 1 saturated heterocycles. The van der Waals surface area contributed by atoms with Crippen LogP contribution in [-0.2, 0) is 19.1 Å². The fraction of sp³-hybridized carbons (Fsp3) is 0.143. The second-order valence-corrected chi connectivity index (χ2v) is 8.28.